The van der Waals surface area contributed by atoms with Gasteiger partial charge in [-0.3, -0.25) is 9.59 Å². The molecule has 0 fully saturated rings. The van der Waals surface area contributed by atoms with Gasteiger partial charge in [0.2, 0.25) is 5.91 Å². The Morgan fingerprint density at radius 2 is 1.64 bits per heavy atom. The molecule has 0 aromatic heterocycles. The van der Waals surface area contributed by atoms with Crippen LogP contribution in [0.5, 0.6) is 0 Å². The van der Waals surface area contributed by atoms with Crippen LogP contribution in [-0.2, 0) is 32.3 Å². The van der Waals surface area contributed by atoms with Crippen molar-refractivity contribution in [3.63, 3.8) is 0 Å². The lowest BCUT2D eigenvalue weighted by molar-refractivity contribution is -0.145. The topological polar surface area (TPSA) is 67.9 Å². The molecule has 8 heteroatoms. The second kappa shape index (κ2) is 16.8. The zero-order valence-electron chi connectivity index (χ0n) is 21.3. The summed E-state index contributed by atoms with van der Waals surface area (Å²) in [5, 5.41) is 2.96. The average molecular weight is 505 g/mol. The van der Waals surface area contributed by atoms with Crippen LogP contribution in [0.15, 0.2) is 48.5 Å². The number of amides is 1. The fourth-order valence-corrected chi connectivity index (χ4v) is 3.76. The third-order valence-electron chi connectivity index (χ3n) is 5.59. The van der Waals surface area contributed by atoms with Gasteiger partial charge >= 0.3 is 5.97 Å². The van der Waals surface area contributed by atoms with Gasteiger partial charge < -0.3 is 19.7 Å². The van der Waals surface area contributed by atoms with Gasteiger partial charge in [0, 0.05) is 25.1 Å². The molecule has 0 radical (unpaired) electrons. The minimum atomic E-state index is -0.865. The smallest absolute Gasteiger partial charge is 0.308 e. The van der Waals surface area contributed by atoms with Gasteiger partial charge in [-0.25, -0.2) is 8.78 Å². The minimum Gasteiger partial charge on any atom is -0.461 e. The molecule has 198 valence electrons. The Bertz CT molecular complexity index is 925. The Hall–Kier alpha value is -2.84. The van der Waals surface area contributed by atoms with E-state index in [-0.39, 0.29) is 43.1 Å². The number of halogens is 2. The molecule has 0 saturated heterocycles. The molecule has 6 nitrogen and oxygen atoms in total. The number of hydrogen-bond acceptors (Lipinski definition) is 5. The monoisotopic (exact) mass is 504 g/mol. The van der Waals surface area contributed by atoms with Crippen LogP contribution in [0.25, 0.3) is 0 Å². The van der Waals surface area contributed by atoms with Crippen molar-refractivity contribution < 1.29 is 27.8 Å². The van der Waals surface area contributed by atoms with Crippen molar-refractivity contribution in [2.24, 2.45) is 0 Å². The molecule has 36 heavy (non-hydrogen) atoms. The average Bonchev–Trinajstić information content (AvgIpc) is 2.84. The predicted octanol–water partition coefficient (Wildman–Crippen LogP) is 5.00. The summed E-state index contributed by atoms with van der Waals surface area (Å²) in [6.45, 7) is 1.29. The van der Waals surface area contributed by atoms with Crippen LogP contribution in [0.1, 0.15) is 56.1 Å². The number of nitrogens with zero attached hydrogens (tertiary/aromatic N) is 1. The summed E-state index contributed by atoms with van der Waals surface area (Å²) in [6, 6.07) is 13.2. The molecule has 1 amide bonds. The number of esters is 1. The van der Waals surface area contributed by atoms with E-state index < -0.39 is 11.6 Å². The first-order chi connectivity index (χ1) is 17.3. The van der Waals surface area contributed by atoms with Crippen molar-refractivity contribution >= 4 is 11.9 Å². The number of carbonyl (C=O) groups excluding carboxylic acids is 2. The van der Waals surface area contributed by atoms with Crippen molar-refractivity contribution in [1.29, 1.82) is 0 Å². The molecule has 0 unspecified atom stereocenters. The van der Waals surface area contributed by atoms with Crippen LogP contribution in [0.2, 0.25) is 0 Å². The van der Waals surface area contributed by atoms with Gasteiger partial charge in [-0.1, -0.05) is 61.7 Å². The lowest BCUT2D eigenvalue weighted by Gasteiger charge is -2.22. The van der Waals surface area contributed by atoms with E-state index in [0.29, 0.717) is 19.6 Å². The largest absolute Gasteiger partial charge is 0.461 e. The Morgan fingerprint density at radius 1 is 0.917 bits per heavy atom. The van der Waals surface area contributed by atoms with Crippen LogP contribution in [-0.4, -0.2) is 50.1 Å². The highest BCUT2D eigenvalue weighted by Crippen LogP contribution is 2.13. The summed E-state index contributed by atoms with van der Waals surface area (Å²) >= 11 is 0. The standard InChI is InChI=1S/C28H38F2N2O4/c1-32(2)19-24(18-27(34)36-20-22-12-7-6-8-13-22)31-26(33)16-9-4-3-5-10-17-35-21-23-14-11-15-25(29)28(23)30/h6-8,11-15,24H,3-5,9-10,16-21H2,1-2H3,(H,31,33)/t24-/m1/s1. The number of rotatable bonds is 17. The Morgan fingerprint density at radius 3 is 2.39 bits per heavy atom. The maximum absolute atomic E-state index is 13.6. The zero-order valence-corrected chi connectivity index (χ0v) is 21.3. The molecule has 0 saturated carbocycles. The third-order valence-corrected chi connectivity index (χ3v) is 5.59. The molecule has 2 aromatic carbocycles. The summed E-state index contributed by atoms with van der Waals surface area (Å²) in [7, 11) is 3.79. The predicted molar refractivity (Wildman–Crippen MR) is 135 cm³/mol. The highest BCUT2D eigenvalue weighted by atomic mass is 19.2. The zero-order chi connectivity index (χ0) is 26.2. The Kier molecular flexibility index (Phi) is 13.7. The molecular formula is C28H38F2N2O4. The van der Waals surface area contributed by atoms with Gasteiger partial charge in [-0.2, -0.15) is 0 Å². The van der Waals surface area contributed by atoms with Crippen LogP contribution >= 0.6 is 0 Å². The van der Waals surface area contributed by atoms with Crippen LogP contribution in [0.4, 0.5) is 8.78 Å². The number of ether oxygens (including phenoxy) is 2. The molecule has 0 aliphatic rings. The summed E-state index contributed by atoms with van der Waals surface area (Å²) in [5.74, 6) is -2.13. The number of unbranched alkanes of at least 4 members (excludes halogenated alkanes) is 4. The van der Waals surface area contributed by atoms with Crippen LogP contribution < -0.4 is 5.32 Å². The SMILES string of the molecule is CN(C)C[C@@H](CC(=O)OCc1ccccc1)NC(=O)CCCCCCCOCc1cccc(F)c1F. The van der Waals surface area contributed by atoms with E-state index in [0.717, 1.165) is 43.7 Å². The van der Waals surface area contributed by atoms with E-state index in [9.17, 15) is 18.4 Å². The third kappa shape index (κ3) is 12.2. The number of hydrogen-bond donors (Lipinski definition) is 1. The summed E-state index contributed by atoms with van der Waals surface area (Å²) in [4.78, 5) is 26.6. The second-order valence-electron chi connectivity index (χ2n) is 9.16. The van der Waals surface area contributed by atoms with Gasteiger partial charge in [-0.15, -0.1) is 0 Å². The number of carbonyl (C=O) groups is 2. The quantitative estimate of drug-likeness (QED) is 0.243. The molecule has 0 aliphatic carbocycles. The summed E-state index contributed by atoms with van der Waals surface area (Å²) < 4.78 is 37.5. The molecule has 1 N–H and O–H groups in total. The summed E-state index contributed by atoms with van der Waals surface area (Å²) in [6.07, 6.45) is 4.90. The fraction of sp³-hybridized carbons (Fsp3) is 0.500. The van der Waals surface area contributed by atoms with E-state index in [4.69, 9.17) is 9.47 Å². The molecule has 2 rings (SSSR count). The molecule has 0 heterocycles. The second-order valence-corrected chi connectivity index (χ2v) is 9.16. The van der Waals surface area contributed by atoms with E-state index in [1.807, 2.05) is 49.3 Å². The highest BCUT2D eigenvalue weighted by molar-refractivity contribution is 5.77. The first kappa shape index (κ1) is 29.4. The Labute approximate surface area is 213 Å². The van der Waals surface area contributed by atoms with E-state index in [1.54, 1.807) is 0 Å². The summed E-state index contributed by atoms with van der Waals surface area (Å²) in [5.41, 5.74) is 1.14. The minimum absolute atomic E-state index is 0.0533. The maximum atomic E-state index is 13.6. The van der Waals surface area contributed by atoms with Crippen LogP contribution in [0, 0.1) is 11.6 Å². The van der Waals surface area contributed by atoms with E-state index in [1.165, 1.54) is 12.1 Å². The number of benzene rings is 2. The van der Waals surface area contributed by atoms with E-state index >= 15 is 0 Å². The van der Waals surface area contributed by atoms with Gasteiger partial charge in [0.1, 0.15) is 6.61 Å². The van der Waals surface area contributed by atoms with Crippen molar-refractivity contribution in [2.75, 3.05) is 27.2 Å². The molecular weight excluding hydrogens is 466 g/mol. The molecule has 0 bridgehead atoms. The number of nitrogens with one attached hydrogen (secondary N) is 1. The lowest BCUT2D eigenvalue weighted by Crippen LogP contribution is -2.43. The molecule has 2 aromatic rings. The van der Waals surface area contributed by atoms with Crippen molar-refractivity contribution in [3.05, 3.63) is 71.3 Å². The van der Waals surface area contributed by atoms with Gasteiger partial charge in [0.05, 0.1) is 19.1 Å². The first-order valence-electron chi connectivity index (χ1n) is 12.5. The first-order valence-corrected chi connectivity index (χ1v) is 12.5. The lowest BCUT2D eigenvalue weighted by atomic mass is 10.1. The molecule has 0 spiro atoms. The van der Waals surface area contributed by atoms with Crippen molar-refractivity contribution in [1.82, 2.24) is 10.2 Å². The van der Waals surface area contributed by atoms with E-state index in [2.05, 4.69) is 5.32 Å². The maximum Gasteiger partial charge on any atom is 0.308 e. The van der Waals surface area contributed by atoms with Gasteiger partial charge in [0.15, 0.2) is 11.6 Å². The van der Waals surface area contributed by atoms with Gasteiger partial charge in [0.25, 0.3) is 0 Å². The number of likely N-dealkylation sites (N-methyl/N-ethyl adjacent to an activating group) is 1. The van der Waals surface area contributed by atoms with Gasteiger partial charge in [-0.05, 0) is 38.6 Å². The van der Waals surface area contributed by atoms with Crippen molar-refractivity contribution in [3.8, 4) is 0 Å². The normalized spacial score (nSPS) is 11.9. The fourth-order valence-electron chi connectivity index (χ4n) is 3.76. The highest BCUT2D eigenvalue weighted by Gasteiger charge is 2.18. The molecule has 0 aliphatic heterocycles. The Balaban J connectivity index is 1.56. The molecule has 1 atom stereocenters. The van der Waals surface area contributed by atoms with Crippen LogP contribution in [0.3, 0.4) is 0 Å². The van der Waals surface area contributed by atoms with Crippen molar-refractivity contribution in [2.45, 2.75) is 64.2 Å².